The second kappa shape index (κ2) is 5.04. The van der Waals surface area contributed by atoms with Gasteiger partial charge in [0.2, 0.25) is 0 Å². The van der Waals surface area contributed by atoms with Crippen LogP contribution in [0, 0.1) is 5.82 Å². The molecule has 0 unspecified atom stereocenters. The van der Waals surface area contributed by atoms with Crippen LogP contribution < -0.4 is 5.73 Å². The Morgan fingerprint density at radius 3 is 2.76 bits per heavy atom. The Morgan fingerprint density at radius 2 is 2.00 bits per heavy atom. The second-order valence-corrected chi connectivity index (χ2v) is 5.61. The summed E-state index contributed by atoms with van der Waals surface area (Å²) in [5, 5.41) is 0.396. The van der Waals surface area contributed by atoms with Crippen LogP contribution in [0.2, 0.25) is 5.02 Å². The lowest BCUT2D eigenvalue weighted by molar-refractivity contribution is 0.0781. The summed E-state index contributed by atoms with van der Waals surface area (Å²) in [4.78, 5) is 13.7. The fraction of sp³-hybridized carbons (Fsp3) is 0.188. The van der Waals surface area contributed by atoms with Gasteiger partial charge in [-0.25, -0.2) is 4.39 Å². The summed E-state index contributed by atoms with van der Waals surface area (Å²) in [5.41, 5.74) is 8.55. The molecule has 2 aromatic rings. The fourth-order valence-electron chi connectivity index (χ4n) is 2.56. The van der Waals surface area contributed by atoms with Gasteiger partial charge in [0.05, 0.1) is 10.7 Å². The predicted molar refractivity (Wildman–Crippen MR) is 81.9 cm³/mol. The van der Waals surface area contributed by atoms with Crippen LogP contribution in [-0.4, -0.2) is 24.4 Å². The van der Waals surface area contributed by atoms with Crippen molar-refractivity contribution in [2.24, 2.45) is 0 Å². The maximum atomic E-state index is 13.7. The number of anilines is 1. The number of amides is 1. The SMILES string of the molecule is CN1CCc2cc(-c3cc(F)c(N)cc3Cl)ccc2C1=O. The Kier molecular flexibility index (Phi) is 3.33. The molecule has 3 nitrogen and oxygen atoms in total. The molecule has 2 N–H and O–H groups in total. The van der Waals surface area contributed by atoms with Crippen molar-refractivity contribution in [2.45, 2.75) is 6.42 Å². The highest BCUT2D eigenvalue weighted by Gasteiger charge is 2.22. The van der Waals surface area contributed by atoms with Crippen LogP contribution in [0.15, 0.2) is 30.3 Å². The van der Waals surface area contributed by atoms with E-state index in [1.165, 1.54) is 12.1 Å². The standard InChI is InChI=1S/C16H14ClFN2O/c1-20-5-4-10-6-9(2-3-11(10)16(20)21)12-7-14(18)15(19)8-13(12)17/h2-3,6-8H,4-5,19H2,1H3. The van der Waals surface area contributed by atoms with Crippen molar-refractivity contribution in [1.29, 1.82) is 0 Å². The third-order valence-corrected chi connectivity index (χ3v) is 4.11. The minimum absolute atomic E-state index is 0.0115. The Balaban J connectivity index is 2.10. The molecule has 1 amide bonds. The third kappa shape index (κ3) is 2.36. The smallest absolute Gasteiger partial charge is 0.253 e. The average Bonchev–Trinajstić information content (AvgIpc) is 2.46. The monoisotopic (exact) mass is 304 g/mol. The van der Waals surface area contributed by atoms with Crippen LogP contribution in [0.1, 0.15) is 15.9 Å². The molecule has 3 rings (SSSR count). The van der Waals surface area contributed by atoms with Crippen molar-refractivity contribution < 1.29 is 9.18 Å². The van der Waals surface area contributed by atoms with Gasteiger partial charge in [-0.05, 0) is 35.7 Å². The lowest BCUT2D eigenvalue weighted by atomic mass is 9.94. The number of likely N-dealkylation sites (N-methyl/N-ethyl adjacent to an activating group) is 1. The number of halogens is 2. The lowest BCUT2D eigenvalue weighted by Gasteiger charge is -2.25. The Bertz CT molecular complexity index is 745. The first kappa shape index (κ1) is 13.9. The highest BCUT2D eigenvalue weighted by molar-refractivity contribution is 6.33. The quantitative estimate of drug-likeness (QED) is 0.821. The summed E-state index contributed by atoms with van der Waals surface area (Å²) in [6.07, 6.45) is 0.778. The summed E-state index contributed by atoms with van der Waals surface area (Å²) in [6, 6.07) is 8.19. The van der Waals surface area contributed by atoms with Crippen LogP contribution in [0.4, 0.5) is 10.1 Å². The van der Waals surface area contributed by atoms with E-state index in [1.807, 2.05) is 6.07 Å². The van der Waals surface area contributed by atoms with E-state index in [0.717, 1.165) is 17.5 Å². The maximum Gasteiger partial charge on any atom is 0.253 e. The number of nitrogens with zero attached hydrogens (tertiary/aromatic N) is 1. The van der Waals surface area contributed by atoms with Gasteiger partial charge in [-0.3, -0.25) is 4.79 Å². The van der Waals surface area contributed by atoms with E-state index in [1.54, 1.807) is 24.1 Å². The van der Waals surface area contributed by atoms with E-state index >= 15 is 0 Å². The summed E-state index contributed by atoms with van der Waals surface area (Å²) in [6.45, 7) is 0.680. The summed E-state index contributed by atoms with van der Waals surface area (Å²) in [7, 11) is 1.78. The molecule has 0 spiro atoms. The molecule has 0 bridgehead atoms. The molecule has 0 saturated carbocycles. The Hall–Kier alpha value is -2.07. The van der Waals surface area contributed by atoms with Gasteiger partial charge in [-0.2, -0.15) is 0 Å². The molecule has 5 heteroatoms. The Morgan fingerprint density at radius 1 is 1.24 bits per heavy atom. The number of hydrogen-bond donors (Lipinski definition) is 1. The number of carbonyl (C=O) groups is 1. The largest absolute Gasteiger partial charge is 0.396 e. The number of rotatable bonds is 1. The van der Waals surface area contributed by atoms with Gasteiger partial charge in [-0.1, -0.05) is 23.7 Å². The highest BCUT2D eigenvalue weighted by atomic mass is 35.5. The minimum atomic E-state index is -0.497. The van der Waals surface area contributed by atoms with Crippen molar-refractivity contribution in [1.82, 2.24) is 4.90 Å². The lowest BCUT2D eigenvalue weighted by Crippen LogP contribution is -2.34. The average molecular weight is 305 g/mol. The molecule has 0 radical (unpaired) electrons. The van der Waals surface area contributed by atoms with Gasteiger partial charge in [0.25, 0.3) is 5.91 Å². The molecule has 108 valence electrons. The topological polar surface area (TPSA) is 46.3 Å². The number of nitrogen functional groups attached to an aromatic ring is 1. The van der Waals surface area contributed by atoms with Crippen LogP contribution in [0.5, 0.6) is 0 Å². The number of benzene rings is 2. The molecule has 0 fully saturated rings. The zero-order valence-electron chi connectivity index (χ0n) is 11.5. The number of hydrogen-bond acceptors (Lipinski definition) is 2. The molecule has 0 atom stereocenters. The molecule has 0 saturated heterocycles. The van der Waals surface area contributed by atoms with E-state index in [2.05, 4.69) is 0 Å². The maximum absolute atomic E-state index is 13.7. The molecule has 2 aromatic carbocycles. The van der Waals surface area contributed by atoms with Crippen molar-refractivity contribution >= 4 is 23.2 Å². The first-order valence-corrected chi connectivity index (χ1v) is 6.98. The van der Waals surface area contributed by atoms with Crippen LogP contribution in [0.25, 0.3) is 11.1 Å². The normalized spacial score (nSPS) is 14.2. The first-order chi connectivity index (χ1) is 9.97. The second-order valence-electron chi connectivity index (χ2n) is 5.20. The summed E-state index contributed by atoms with van der Waals surface area (Å²) >= 11 is 6.15. The van der Waals surface area contributed by atoms with Crippen LogP contribution in [0.3, 0.4) is 0 Å². The van der Waals surface area contributed by atoms with Crippen molar-refractivity contribution in [3.63, 3.8) is 0 Å². The van der Waals surface area contributed by atoms with E-state index in [4.69, 9.17) is 17.3 Å². The van der Waals surface area contributed by atoms with Gasteiger partial charge in [-0.15, -0.1) is 0 Å². The third-order valence-electron chi connectivity index (χ3n) is 3.80. The summed E-state index contributed by atoms with van der Waals surface area (Å²) < 4.78 is 13.7. The van der Waals surface area contributed by atoms with Gasteiger partial charge in [0.15, 0.2) is 0 Å². The van der Waals surface area contributed by atoms with E-state index in [-0.39, 0.29) is 11.6 Å². The molecule has 1 heterocycles. The highest BCUT2D eigenvalue weighted by Crippen LogP contribution is 2.33. The van der Waals surface area contributed by atoms with Crippen LogP contribution >= 0.6 is 11.6 Å². The number of carbonyl (C=O) groups excluding carboxylic acids is 1. The zero-order valence-corrected chi connectivity index (χ0v) is 12.2. The number of fused-ring (bicyclic) bond motifs is 1. The summed E-state index contributed by atoms with van der Waals surface area (Å²) in [5.74, 6) is -0.486. The van der Waals surface area contributed by atoms with Crippen LogP contribution in [-0.2, 0) is 6.42 Å². The fourth-order valence-corrected chi connectivity index (χ4v) is 2.84. The number of nitrogens with two attached hydrogens (primary N) is 1. The van der Waals surface area contributed by atoms with Gasteiger partial charge in [0.1, 0.15) is 5.82 Å². The van der Waals surface area contributed by atoms with E-state index in [9.17, 15) is 9.18 Å². The van der Waals surface area contributed by atoms with Gasteiger partial charge >= 0.3 is 0 Å². The van der Waals surface area contributed by atoms with E-state index in [0.29, 0.717) is 22.7 Å². The van der Waals surface area contributed by atoms with Gasteiger partial charge < -0.3 is 10.6 Å². The van der Waals surface area contributed by atoms with Crippen molar-refractivity contribution in [3.8, 4) is 11.1 Å². The van der Waals surface area contributed by atoms with Gasteiger partial charge in [0, 0.05) is 24.7 Å². The van der Waals surface area contributed by atoms with Crippen molar-refractivity contribution in [2.75, 3.05) is 19.3 Å². The molecule has 1 aliphatic rings. The molecule has 0 aromatic heterocycles. The molecule has 1 aliphatic heterocycles. The first-order valence-electron chi connectivity index (χ1n) is 6.60. The molecule has 0 aliphatic carbocycles. The molecular weight excluding hydrogens is 291 g/mol. The van der Waals surface area contributed by atoms with Crippen molar-refractivity contribution in [3.05, 3.63) is 52.3 Å². The Labute approximate surface area is 127 Å². The molecular formula is C16H14ClFN2O. The van der Waals surface area contributed by atoms with E-state index < -0.39 is 5.82 Å². The minimum Gasteiger partial charge on any atom is -0.396 e. The zero-order chi connectivity index (χ0) is 15.1. The predicted octanol–water partition coefficient (Wildman–Crippen LogP) is 3.36. The molecule has 21 heavy (non-hydrogen) atoms.